The predicted molar refractivity (Wildman–Crippen MR) is 99.9 cm³/mol. The van der Waals surface area contributed by atoms with Crippen LogP contribution in [-0.2, 0) is 0 Å². The summed E-state index contributed by atoms with van der Waals surface area (Å²) in [5.41, 5.74) is 4.38. The maximum absolute atomic E-state index is 5.59. The molecule has 0 saturated carbocycles. The number of hydrogen-bond acceptors (Lipinski definition) is 4. The van der Waals surface area contributed by atoms with Gasteiger partial charge in [0.2, 0.25) is 6.79 Å². The monoisotopic (exact) mass is 364 g/mol. The molecule has 0 saturated heterocycles. The van der Waals surface area contributed by atoms with Crippen LogP contribution >= 0.6 is 24.8 Å². The lowest BCUT2D eigenvalue weighted by Gasteiger charge is -2.16. The van der Waals surface area contributed by atoms with Crippen molar-refractivity contribution in [2.45, 2.75) is 12.8 Å². The summed E-state index contributed by atoms with van der Waals surface area (Å²) in [7, 11) is 0. The molecule has 0 amide bonds. The molecular formula is C18H18Cl2N2O2. The molecule has 1 aromatic heterocycles. The minimum Gasteiger partial charge on any atom is -0.454 e. The van der Waals surface area contributed by atoms with Crippen LogP contribution in [0.4, 0.5) is 0 Å². The minimum absolute atomic E-state index is 0. The molecule has 3 heterocycles. The zero-order valence-electron chi connectivity index (χ0n) is 13.0. The van der Waals surface area contributed by atoms with Crippen molar-refractivity contribution in [2.75, 3.05) is 13.3 Å². The molecule has 1 aromatic carbocycles. The maximum Gasteiger partial charge on any atom is 0.231 e. The lowest BCUT2D eigenvalue weighted by atomic mass is 9.94. The fourth-order valence-corrected chi connectivity index (χ4v) is 2.85. The lowest BCUT2D eigenvalue weighted by Crippen LogP contribution is -2.11. The van der Waals surface area contributed by atoms with Crippen molar-refractivity contribution in [1.29, 1.82) is 0 Å². The largest absolute Gasteiger partial charge is 0.454 e. The number of hydrogen-bond donors (Lipinski definition) is 0. The first-order valence-corrected chi connectivity index (χ1v) is 7.46. The van der Waals surface area contributed by atoms with Crippen molar-refractivity contribution in [1.82, 2.24) is 4.98 Å². The summed E-state index contributed by atoms with van der Waals surface area (Å²) < 4.78 is 11.0. The molecule has 4 nitrogen and oxygen atoms in total. The highest BCUT2D eigenvalue weighted by molar-refractivity contribution is 6.15. The number of aliphatic imine (C=N–C) groups is 1. The summed E-state index contributed by atoms with van der Waals surface area (Å²) in [5.74, 6) is 1.64. The van der Waals surface area contributed by atoms with Gasteiger partial charge in [0.25, 0.3) is 0 Å². The zero-order chi connectivity index (χ0) is 14.8. The highest BCUT2D eigenvalue weighted by atomic mass is 35.5. The third kappa shape index (κ3) is 3.55. The number of fused-ring (bicyclic) bond motifs is 1. The van der Waals surface area contributed by atoms with Crippen LogP contribution in [0.1, 0.15) is 24.0 Å². The maximum atomic E-state index is 5.59. The van der Waals surface area contributed by atoms with E-state index in [1.165, 1.54) is 5.57 Å². The van der Waals surface area contributed by atoms with E-state index >= 15 is 0 Å². The van der Waals surface area contributed by atoms with Gasteiger partial charge < -0.3 is 9.47 Å². The van der Waals surface area contributed by atoms with Crippen molar-refractivity contribution in [3.8, 4) is 11.5 Å². The molecule has 0 spiro atoms. The smallest absolute Gasteiger partial charge is 0.231 e. The van der Waals surface area contributed by atoms with E-state index in [1.807, 2.05) is 24.4 Å². The number of benzene rings is 1. The normalized spacial score (nSPS) is 16.8. The quantitative estimate of drug-likeness (QED) is 0.796. The molecule has 2 aliphatic heterocycles. The van der Waals surface area contributed by atoms with Gasteiger partial charge in [0, 0.05) is 30.1 Å². The topological polar surface area (TPSA) is 43.7 Å². The Kier molecular flexibility index (Phi) is 6.23. The molecule has 0 unspecified atom stereocenters. The first kappa shape index (κ1) is 18.3. The van der Waals surface area contributed by atoms with Crippen LogP contribution in [0, 0.1) is 0 Å². The molecule has 0 aliphatic carbocycles. The molecule has 2 aromatic rings. The Balaban J connectivity index is 0.00000104. The Hall–Kier alpha value is -2.04. The fraction of sp³-hybridized carbons (Fsp3) is 0.222. The number of ether oxygens (including phenoxy) is 2. The number of allylic oxidation sites excluding steroid dienone is 1. The molecule has 24 heavy (non-hydrogen) atoms. The van der Waals surface area contributed by atoms with Gasteiger partial charge in [-0.25, -0.2) is 0 Å². The Morgan fingerprint density at radius 1 is 1.04 bits per heavy atom. The van der Waals surface area contributed by atoms with E-state index in [2.05, 4.69) is 23.2 Å². The van der Waals surface area contributed by atoms with Crippen molar-refractivity contribution in [3.05, 3.63) is 59.4 Å². The van der Waals surface area contributed by atoms with Crippen molar-refractivity contribution in [3.63, 3.8) is 0 Å². The number of halogens is 2. The second-order valence-corrected chi connectivity index (χ2v) is 5.33. The molecule has 0 bridgehead atoms. The molecular weight excluding hydrogens is 347 g/mol. The molecule has 0 radical (unpaired) electrons. The van der Waals surface area contributed by atoms with Crippen LogP contribution in [0.5, 0.6) is 11.5 Å². The van der Waals surface area contributed by atoms with Crippen molar-refractivity contribution in [2.24, 2.45) is 4.99 Å². The molecule has 4 rings (SSSR count). The second-order valence-electron chi connectivity index (χ2n) is 5.33. The zero-order valence-corrected chi connectivity index (χ0v) is 14.6. The van der Waals surface area contributed by atoms with Gasteiger partial charge in [0.1, 0.15) is 0 Å². The van der Waals surface area contributed by atoms with Crippen molar-refractivity contribution < 1.29 is 9.47 Å². The average molecular weight is 365 g/mol. The number of pyridine rings is 1. The van der Waals surface area contributed by atoms with Crippen LogP contribution < -0.4 is 9.47 Å². The van der Waals surface area contributed by atoms with E-state index < -0.39 is 0 Å². The molecule has 0 atom stereocenters. The summed E-state index contributed by atoms with van der Waals surface area (Å²) in [6, 6.07) is 9.97. The van der Waals surface area contributed by atoms with Gasteiger partial charge in [-0.1, -0.05) is 12.1 Å². The van der Waals surface area contributed by atoms with Gasteiger partial charge in [-0.3, -0.25) is 9.98 Å². The Morgan fingerprint density at radius 2 is 1.96 bits per heavy atom. The summed E-state index contributed by atoms with van der Waals surface area (Å²) in [6.07, 6.45) is 7.90. The molecule has 6 heteroatoms. The number of rotatable bonds is 2. The predicted octanol–water partition coefficient (Wildman–Crippen LogP) is 4.32. The van der Waals surface area contributed by atoms with Crippen LogP contribution in [-0.4, -0.2) is 24.0 Å². The second kappa shape index (κ2) is 8.18. The van der Waals surface area contributed by atoms with Crippen LogP contribution in [0.15, 0.2) is 53.3 Å². The van der Waals surface area contributed by atoms with E-state index in [4.69, 9.17) is 14.5 Å². The van der Waals surface area contributed by atoms with E-state index in [1.54, 1.807) is 6.20 Å². The lowest BCUT2D eigenvalue weighted by molar-refractivity contribution is 0.174. The highest BCUT2D eigenvalue weighted by Crippen LogP contribution is 2.37. The summed E-state index contributed by atoms with van der Waals surface area (Å²) in [6.45, 7) is 1.16. The van der Waals surface area contributed by atoms with Crippen LogP contribution in [0.3, 0.4) is 0 Å². The fourth-order valence-electron chi connectivity index (χ4n) is 2.85. The van der Waals surface area contributed by atoms with Gasteiger partial charge in [0.15, 0.2) is 11.5 Å². The summed E-state index contributed by atoms with van der Waals surface area (Å²) in [4.78, 5) is 8.91. The molecule has 2 aliphatic rings. The average Bonchev–Trinajstić information content (AvgIpc) is 3.06. The van der Waals surface area contributed by atoms with E-state index in [0.29, 0.717) is 6.79 Å². The Bertz CT molecular complexity index is 761. The van der Waals surface area contributed by atoms with E-state index in [-0.39, 0.29) is 24.8 Å². The van der Waals surface area contributed by atoms with Crippen LogP contribution in [0.25, 0.3) is 6.08 Å². The Labute approximate surface area is 153 Å². The summed E-state index contributed by atoms with van der Waals surface area (Å²) >= 11 is 0. The SMILES string of the molecule is C(=C1CCCN=C1c1cccnc1)c1cccc2c1OCO2.Cl.Cl. The van der Waals surface area contributed by atoms with E-state index in [9.17, 15) is 0 Å². The first-order valence-electron chi connectivity index (χ1n) is 7.46. The number of nitrogens with zero attached hydrogens (tertiary/aromatic N) is 2. The van der Waals surface area contributed by atoms with Gasteiger partial charge in [-0.15, -0.1) is 24.8 Å². The number of aromatic nitrogens is 1. The van der Waals surface area contributed by atoms with Gasteiger partial charge in [-0.05, 0) is 42.7 Å². The third-order valence-corrected chi connectivity index (χ3v) is 3.87. The molecule has 0 N–H and O–H groups in total. The third-order valence-electron chi connectivity index (χ3n) is 3.87. The van der Waals surface area contributed by atoms with Gasteiger partial charge >= 0.3 is 0 Å². The van der Waals surface area contributed by atoms with Crippen molar-refractivity contribution >= 4 is 36.6 Å². The minimum atomic E-state index is 0. The van der Waals surface area contributed by atoms with Crippen LogP contribution in [0.2, 0.25) is 0 Å². The van der Waals surface area contributed by atoms with Gasteiger partial charge in [0.05, 0.1) is 5.71 Å². The molecule has 0 fully saturated rings. The summed E-state index contributed by atoms with van der Waals surface area (Å²) in [5, 5.41) is 0. The van der Waals surface area contributed by atoms with Gasteiger partial charge in [-0.2, -0.15) is 0 Å². The van der Waals surface area contributed by atoms with E-state index in [0.717, 1.165) is 47.7 Å². The molecule has 126 valence electrons. The Morgan fingerprint density at radius 3 is 2.79 bits per heavy atom. The first-order chi connectivity index (χ1) is 10.9. The number of para-hydroxylation sites is 1. The highest BCUT2D eigenvalue weighted by Gasteiger charge is 2.19. The standard InChI is InChI=1S/C18H16N2O2.2ClH/c1-4-14(18-16(7-1)21-12-22-18)10-13-5-3-9-20-17(13)15-6-2-8-19-11-15;;/h1-2,4,6-8,10-11H,3,5,9,12H2;2*1H.